The molecule has 0 radical (unpaired) electrons. The molecule has 2 aromatic heterocycles. The van der Waals surface area contributed by atoms with Gasteiger partial charge in [0.15, 0.2) is 0 Å². The standard InChI is InChI=1S/C18H23N3OS/c1-15-5-6-17(23-15)14-20-8-3-9-21(11-10-20)18(22)12-16-4-2-7-19-13-16/h2,4-7,13H,3,8-12,14H2,1H3. The second-order valence-electron chi connectivity index (χ2n) is 6.06. The zero-order valence-electron chi connectivity index (χ0n) is 13.6. The van der Waals surface area contributed by atoms with Gasteiger partial charge in [-0.25, -0.2) is 0 Å². The topological polar surface area (TPSA) is 36.4 Å². The molecule has 0 aromatic carbocycles. The highest BCUT2D eigenvalue weighted by Crippen LogP contribution is 2.18. The van der Waals surface area contributed by atoms with Gasteiger partial charge < -0.3 is 4.90 Å². The van der Waals surface area contributed by atoms with Gasteiger partial charge in [-0.3, -0.25) is 14.7 Å². The Morgan fingerprint density at radius 2 is 2.13 bits per heavy atom. The monoisotopic (exact) mass is 329 g/mol. The molecule has 0 atom stereocenters. The van der Waals surface area contributed by atoms with Crippen molar-refractivity contribution < 1.29 is 4.79 Å². The maximum absolute atomic E-state index is 12.5. The van der Waals surface area contributed by atoms with Crippen LogP contribution in [0.15, 0.2) is 36.7 Å². The minimum atomic E-state index is 0.215. The molecule has 1 fully saturated rings. The SMILES string of the molecule is Cc1ccc(CN2CCCN(C(=O)Cc3cccnc3)CC2)s1. The third kappa shape index (κ3) is 4.62. The Kier molecular flexibility index (Phi) is 5.41. The molecule has 1 amide bonds. The van der Waals surface area contributed by atoms with Crippen LogP contribution in [0.3, 0.4) is 0 Å². The van der Waals surface area contributed by atoms with Crippen LogP contribution < -0.4 is 0 Å². The lowest BCUT2D eigenvalue weighted by Gasteiger charge is -2.21. The number of nitrogens with zero attached hydrogens (tertiary/aromatic N) is 3. The Morgan fingerprint density at radius 1 is 1.22 bits per heavy atom. The lowest BCUT2D eigenvalue weighted by Crippen LogP contribution is -2.36. The number of carbonyl (C=O) groups is 1. The molecule has 5 heteroatoms. The minimum absolute atomic E-state index is 0.215. The van der Waals surface area contributed by atoms with Crippen molar-refractivity contribution in [1.29, 1.82) is 0 Å². The van der Waals surface area contributed by atoms with Crippen molar-refractivity contribution in [2.24, 2.45) is 0 Å². The molecule has 2 aromatic rings. The molecule has 1 saturated heterocycles. The van der Waals surface area contributed by atoms with E-state index < -0.39 is 0 Å². The Balaban J connectivity index is 1.52. The van der Waals surface area contributed by atoms with Gasteiger partial charge in [-0.15, -0.1) is 11.3 Å². The summed E-state index contributed by atoms with van der Waals surface area (Å²) in [7, 11) is 0. The van der Waals surface area contributed by atoms with E-state index in [2.05, 4.69) is 28.9 Å². The zero-order chi connectivity index (χ0) is 16.1. The first-order chi connectivity index (χ1) is 11.2. The highest BCUT2D eigenvalue weighted by molar-refractivity contribution is 7.11. The van der Waals surface area contributed by atoms with Crippen LogP contribution >= 0.6 is 11.3 Å². The minimum Gasteiger partial charge on any atom is -0.341 e. The van der Waals surface area contributed by atoms with Gasteiger partial charge in [-0.2, -0.15) is 0 Å². The number of pyridine rings is 1. The van der Waals surface area contributed by atoms with Crippen molar-refractivity contribution >= 4 is 17.2 Å². The molecular formula is C18H23N3OS. The fraction of sp³-hybridized carbons (Fsp3) is 0.444. The van der Waals surface area contributed by atoms with Crippen LogP contribution in [0.4, 0.5) is 0 Å². The molecule has 3 rings (SSSR count). The Bertz CT molecular complexity index is 641. The van der Waals surface area contributed by atoms with E-state index >= 15 is 0 Å². The fourth-order valence-electron chi connectivity index (χ4n) is 2.96. The average molecular weight is 329 g/mol. The molecule has 3 heterocycles. The zero-order valence-corrected chi connectivity index (χ0v) is 14.4. The lowest BCUT2D eigenvalue weighted by molar-refractivity contribution is -0.130. The van der Waals surface area contributed by atoms with Crippen molar-refractivity contribution in [1.82, 2.24) is 14.8 Å². The second kappa shape index (κ2) is 7.70. The Morgan fingerprint density at radius 3 is 2.87 bits per heavy atom. The number of amides is 1. The van der Waals surface area contributed by atoms with Gasteiger partial charge in [-0.05, 0) is 37.1 Å². The number of thiophene rings is 1. The normalized spacial score (nSPS) is 16.3. The highest BCUT2D eigenvalue weighted by Gasteiger charge is 2.19. The molecule has 0 aliphatic carbocycles. The van der Waals surface area contributed by atoms with E-state index in [1.165, 1.54) is 9.75 Å². The number of hydrogen-bond donors (Lipinski definition) is 0. The summed E-state index contributed by atoms with van der Waals surface area (Å²) in [5.74, 6) is 0.215. The van der Waals surface area contributed by atoms with Gasteiger partial charge in [0, 0.05) is 54.9 Å². The van der Waals surface area contributed by atoms with Crippen LogP contribution in [0, 0.1) is 6.92 Å². The molecule has 122 valence electrons. The summed E-state index contributed by atoms with van der Waals surface area (Å²) in [6.45, 7) is 6.85. The smallest absolute Gasteiger partial charge is 0.227 e. The van der Waals surface area contributed by atoms with Crippen LogP contribution in [-0.2, 0) is 17.8 Å². The number of aryl methyl sites for hydroxylation is 1. The molecule has 4 nitrogen and oxygen atoms in total. The molecule has 0 unspecified atom stereocenters. The number of aromatic nitrogens is 1. The van der Waals surface area contributed by atoms with Crippen molar-refractivity contribution in [3.05, 3.63) is 52.0 Å². The molecule has 1 aliphatic heterocycles. The van der Waals surface area contributed by atoms with E-state index in [0.29, 0.717) is 6.42 Å². The molecule has 23 heavy (non-hydrogen) atoms. The fourth-order valence-corrected chi connectivity index (χ4v) is 3.89. The molecule has 0 spiro atoms. The Hall–Kier alpha value is -1.72. The third-order valence-electron chi connectivity index (χ3n) is 4.19. The van der Waals surface area contributed by atoms with Crippen LogP contribution in [-0.4, -0.2) is 46.9 Å². The van der Waals surface area contributed by atoms with Gasteiger partial charge in [0.05, 0.1) is 6.42 Å². The lowest BCUT2D eigenvalue weighted by atomic mass is 10.2. The van der Waals surface area contributed by atoms with Gasteiger partial charge >= 0.3 is 0 Å². The van der Waals surface area contributed by atoms with Gasteiger partial charge in [-0.1, -0.05) is 6.07 Å². The number of carbonyl (C=O) groups excluding carboxylic acids is 1. The molecule has 0 N–H and O–H groups in total. The van der Waals surface area contributed by atoms with Crippen LogP contribution in [0.1, 0.15) is 21.7 Å². The summed E-state index contributed by atoms with van der Waals surface area (Å²) in [4.78, 5) is 23.8. The quantitative estimate of drug-likeness (QED) is 0.865. The largest absolute Gasteiger partial charge is 0.341 e. The highest BCUT2D eigenvalue weighted by atomic mass is 32.1. The number of rotatable bonds is 4. The van der Waals surface area contributed by atoms with Crippen molar-refractivity contribution in [2.45, 2.75) is 26.3 Å². The van der Waals surface area contributed by atoms with Crippen molar-refractivity contribution in [2.75, 3.05) is 26.2 Å². The van der Waals surface area contributed by atoms with Crippen LogP contribution in [0.5, 0.6) is 0 Å². The summed E-state index contributed by atoms with van der Waals surface area (Å²) >= 11 is 1.87. The Labute approximate surface area is 141 Å². The van der Waals surface area contributed by atoms with Crippen molar-refractivity contribution in [3.63, 3.8) is 0 Å². The summed E-state index contributed by atoms with van der Waals surface area (Å²) in [5, 5.41) is 0. The number of hydrogen-bond acceptors (Lipinski definition) is 4. The maximum Gasteiger partial charge on any atom is 0.227 e. The van der Waals surface area contributed by atoms with E-state index in [0.717, 1.165) is 44.7 Å². The maximum atomic E-state index is 12.5. The van der Waals surface area contributed by atoms with Crippen LogP contribution in [0.2, 0.25) is 0 Å². The molecule has 0 saturated carbocycles. The summed E-state index contributed by atoms with van der Waals surface area (Å²) < 4.78 is 0. The summed E-state index contributed by atoms with van der Waals surface area (Å²) in [6, 6.07) is 8.25. The predicted octanol–water partition coefficient (Wildman–Crippen LogP) is 2.73. The summed E-state index contributed by atoms with van der Waals surface area (Å²) in [6.07, 6.45) is 5.02. The third-order valence-corrected chi connectivity index (χ3v) is 5.18. The molecule has 0 bridgehead atoms. The first-order valence-electron chi connectivity index (χ1n) is 8.15. The first kappa shape index (κ1) is 16.1. The van der Waals surface area contributed by atoms with E-state index in [1.54, 1.807) is 12.4 Å². The van der Waals surface area contributed by atoms with E-state index in [1.807, 2.05) is 28.4 Å². The summed E-state index contributed by atoms with van der Waals surface area (Å²) in [5.41, 5.74) is 0.993. The molecule has 1 aliphatic rings. The average Bonchev–Trinajstić information content (AvgIpc) is 2.82. The second-order valence-corrected chi connectivity index (χ2v) is 7.43. The predicted molar refractivity (Wildman–Crippen MR) is 93.5 cm³/mol. The van der Waals surface area contributed by atoms with Gasteiger partial charge in [0.2, 0.25) is 5.91 Å². The molecular weight excluding hydrogens is 306 g/mol. The first-order valence-corrected chi connectivity index (χ1v) is 8.97. The van der Waals surface area contributed by atoms with Crippen LogP contribution in [0.25, 0.3) is 0 Å². The van der Waals surface area contributed by atoms with Gasteiger partial charge in [0.25, 0.3) is 0 Å². The van der Waals surface area contributed by atoms with E-state index in [4.69, 9.17) is 0 Å². The van der Waals surface area contributed by atoms with E-state index in [9.17, 15) is 4.79 Å². The van der Waals surface area contributed by atoms with Gasteiger partial charge in [0.1, 0.15) is 0 Å². The van der Waals surface area contributed by atoms with E-state index in [-0.39, 0.29) is 5.91 Å². The van der Waals surface area contributed by atoms with Crippen molar-refractivity contribution in [3.8, 4) is 0 Å².